The van der Waals surface area contributed by atoms with Crippen LogP contribution in [0.1, 0.15) is 43.5 Å². The number of imidazole rings is 1. The van der Waals surface area contributed by atoms with E-state index < -0.39 is 0 Å². The Bertz CT molecular complexity index is 642. The van der Waals surface area contributed by atoms with Crippen LogP contribution in [0.2, 0.25) is 0 Å². The molecule has 3 rings (SSSR count). The van der Waals surface area contributed by atoms with Crippen molar-refractivity contribution in [2.45, 2.75) is 45.5 Å². The normalized spacial score (nSPS) is 19.8. The zero-order valence-corrected chi connectivity index (χ0v) is 13.8. The lowest BCUT2D eigenvalue weighted by atomic mass is 9.82. The Kier molecular flexibility index (Phi) is 3.98. The van der Waals surface area contributed by atoms with Gasteiger partial charge < -0.3 is 9.30 Å². The van der Waals surface area contributed by atoms with E-state index in [9.17, 15) is 0 Å². The van der Waals surface area contributed by atoms with Gasteiger partial charge in [0, 0.05) is 19.8 Å². The van der Waals surface area contributed by atoms with Gasteiger partial charge >= 0.3 is 0 Å². The first-order valence-corrected chi connectivity index (χ1v) is 8.11. The van der Waals surface area contributed by atoms with Gasteiger partial charge in [-0.15, -0.1) is 11.6 Å². The Morgan fingerprint density at radius 1 is 1.38 bits per heavy atom. The van der Waals surface area contributed by atoms with Crippen LogP contribution in [0.5, 0.6) is 0 Å². The fraction of sp³-hybridized carbons (Fsp3) is 0.588. The minimum absolute atomic E-state index is 0.0831. The molecule has 0 bridgehead atoms. The summed E-state index contributed by atoms with van der Waals surface area (Å²) in [6.45, 7) is 9.17. The summed E-state index contributed by atoms with van der Waals surface area (Å²) in [5.41, 5.74) is 3.80. The van der Waals surface area contributed by atoms with Crippen molar-refractivity contribution in [3.05, 3.63) is 29.6 Å². The zero-order valence-electron chi connectivity index (χ0n) is 13.0. The van der Waals surface area contributed by atoms with Gasteiger partial charge in [0.2, 0.25) is 0 Å². The second-order valence-corrected chi connectivity index (χ2v) is 7.19. The van der Waals surface area contributed by atoms with Crippen molar-refractivity contribution in [1.82, 2.24) is 9.55 Å². The lowest BCUT2D eigenvalue weighted by Crippen LogP contribution is -2.31. The van der Waals surface area contributed by atoms with Crippen LogP contribution in [0.25, 0.3) is 11.0 Å². The first-order chi connectivity index (χ1) is 10.0. The third-order valence-electron chi connectivity index (χ3n) is 4.59. The van der Waals surface area contributed by atoms with Crippen LogP contribution in [0.3, 0.4) is 0 Å². The summed E-state index contributed by atoms with van der Waals surface area (Å²) in [5.74, 6) is 0.980. The Morgan fingerprint density at radius 2 is 2.10 bits per heavy atom. The van der Waals surface area contributed by atoms with E-state index >= 15 is 0 Å². The van der Waals surface area contributed by atoms with Gasteiger partial charge in [-0.25, -0.2) is 4.98 Å². The summed E-state index contributed by atoms with van der Waals surface area (Å²) < 4.78 is 7.86. The van der Waals surface area contributed by atoms with Gasteiger partial charge in [-0.2, -0.15) is 0 Å². The smallest absolute Gasteiger partial charge is 0.127 e. The Hall–Kier alpha value is -1.06. The molecule has 3 nitrogen and oxygen atoms in total. The average molecular weight is 307 g/mol. The number of aromatic nitrogens is 2. The van der Waals surface area contributed by atoms with E-state index in [2.05, 4.69) is 36.6 Å². The predicted octanol–water partition coefficient (Wildman–Crippen LogP) is 4.46. The zero-order chi connectivity index (χ0) is 15.0. The molecule has 0 radical (unpaired) electrons. The molecule has 0 aliphatic carbocycles. The number of rotatable bonds is 3. The van der Waals surface area contributed by atoms with E-state index in [1.807, 2.05) is 6.92 Å². The van der Waals surface area contributed by atoms with Crippen molar-refractivity contribution >= 4 is 22.6 Å². The third-order valence-corrected chi connectivity index (χ3v) is 4.79. The standard InChI is InChI=1S/C17H23ClN2O/c1-12-5-4-6-14-15(12)20(16(19-14)13(2)18)11-17(3)7-9-21-10-8-17/h4-6,13H,7-11H2,1-3H3. The Morgan fingerprint density at radius 3 is 2.76 bits per heavy atom. The molecule has 1 atom stereocenters. The van der Waals surface area contributed by atoms with Crippen molar-refractivity contribution in [3.8, 4) is 0 Å². The number of fused-ring (bicyclic) bond motifs is 1. The maximum absolute atomic E-state index is 6.39. The number of alkyl halides is 1. The molecule has 2 heterocycles. The van der Waals surface area contributed by atoms with Crippen molar-refractivity contribution in [2.75, 3.05) is 13.2 Å². The van der Waals surface area contributed by atoms with Crippen LogP contribution in [0.15, 0.2) is 18.2 Å². The maximum atomic E-state index is 6.39. The van der Waals surface area contributed by atoms with Crippen LogP contribution >= 0.6 is 11.6 Å². The fourth-order valence-electron chi connectivity index (χ4n) is 3.25. The molecule has 1 aliphatic heterocycles. The van der Waals surface area contributed by atoms with Crippen LogP contribution in [0, 0.1) is 12.3 Å². The Labute approximate surface area is 131 Å². The van der Waals surface area contributed by atoms with Gasteiger partial charge in [-0.05, 0) is 43.7 Å². The van der Waals surface area contributed by atoms with Crippen LogP contribution in [-0.4, -0.2) is 22.8 Å². The van der Waals surface area contributed by atoms with Gasteiger partial charge in [0.25, 0.3) is 0 Å². The number of nitrogens with zero attached hydrogens (tertiary/aromatic N) is 2. The number of ether oxygens (including phenoxy) is 1. The number of benzene rings is 1. The van der Waals surface area contributed by atoms with E-state index in [1.165, 1.54) is 11.1 Å². The molecular weight excluding hydrogens is 284 g/mol. The van der Waals surface area contributed by atoms with Crippen molar-refractivity contribution < 1.29 is 4.74 Å². The van der Waals surface area contributed by atoms with Crippen molar-refractivity contribution in [3.63, 3.8) is 0 Å². The SMILES string of the molecule is Cc1cccc2nc(C(C)Cl)n(CC3(C)CCOCC3)c12. The van der Waals surface area contributed by atoms with Crippen LogP contribution < -0.4 is 0 Å². The monoisotopic (exact) mass is 306 g/mol. The topological polar surface area (TPSA) is 27.1 Å². The highest BCUT2D eigenvalue weighted by Crippen LogP contribution is 2.35. The number of hydrogen-bond donors (Lipinski definition) is 0. The van der Waals surface area contributed by atoms with Crippen molar-refractivity contribution in [2.24, 2.45) is 5.41 Å². The molecule has 1 aliphatic rings. The van der Waals surface area contributed by atoms with Gasteiger partial charge in [0.1, 0.15) is 5.82 Å². The highest BCUT2D eigenvalue weighted by Gasteiger charge is 2.30. The first-order valence-electron chi connectivity index (χ1n) is 7.68. The number of aryl methyl sites for hydroxylation is 1. The second-order valence-electron chi connectivity index (χ2n) is 6.54. The summed E-state index contributed by atoms with van der Waals surface area (Å²) in [5, 5.41) is -0.0831. The fourth-order valence-corrected chi connectivity index (χ4v) is 3.42. The van der Waals surface area contributed by atoms with Gasteiger partial charge in [0.15, 0.2) is 0 Å². The summed E-state index contributed by atoms with van der Waals surface area (Å²) in [6.07, 6.45) is 2.18. The van der Waals surface area contributed by atoms with Crippen LogP contribution in [-0.2, 0) is 11.3 Å². The molecular formula is C17H23ClN2O. The molecule has 1 fully saturated rings. The molecule has 0 spiro atoms. The highest BCUT2D eigenvalue weighted by molar-refractivity contribution is 6.20. The molecule has 2 aromatic rings. The van der Waals surface area contributed by atoms with Crippen molar-refractivity contribution in [1.29, 1.82) is 0 Å². The predicted molar refractivity (Wildman–Crippen MR) is 86.9 cm³/mol. The summed E-state index contributed by atoms with van der Waals surface area (Å²) in [7, 11) is 0. The molecule has 1 saturated heterocycles. The summed E-state index contributed by atoms with van der Waals surface area (Å²) in [6, 6.07) is 6.29. The third kappa shape index (κ3) is 2.82. The number of halogens is 1. The molecule has 0 amide bonds. The molecule has 0 saturated carbocycles. The van der Waals surface area contributed by atoms with Crippen LogP contribution in [0.4, 0.5) is 0 Å². The molecule has 0 N–H and O–H groups in total. The minimum atomic E-state index is -0.0831. The molecule has 21 heavy (non-hydrogen) atoms. The number of para-hydroxylation sites is 1. The number of hydrogen-bond acceptors (Lipinski definition) is 2. The van der Waals surface area contributed by atoms with Gasteiger partial charge in [0.05, 0.1) is 16.4 Å². The van der Waals surface area contributed by atoms with Gasteiger partial charge in [-0.1, -0.05) is 19.1 Å². The maximum Gasteiger partial charge on any atom is 0.127 e. The van der Waals surface area contributed by atoms with E-state index in [0.717, 1.165) is 43.9 Å². The second kappa shape index (κ2) is 5.62. The molecule has 1 aromatic heterocycles. The summed E-state index contributed by atoms with van der Waals surface area (Å²) in [4.78, 5) is 4.77. The molecule has 1 aromatic carbocycles. The van der Waals surface area contributed by atoms with E-state index in [4.69, 9.17) is 21.3 Å². The molecule has 4 heteroatoms. The van der Waals surface area contributed by atoms with E-state index in [0.29, 0.717) is 0 Å². The molecule has 1 unspecified atom stereocenters. The lowest BCUT2D eigenvalue weighted by molar-refractivity contribution is 0.0157. The average Bonchev–Trinajstić information content (AvgIpc) is 2.79. The van der Waals surface area contributed by atoms with E-state index in [-0.39, 0.29) is 10.8 Å². The lowest BCUT2D eigenvalue weighted by Gasteiger charge is -2.34. The largest absolute Gasteiger partial charge is 0.381 e. The quantitative estimate of drug-likeness (QED) is 0.783. The highest BCUT2D eigenvalue weighted by atomic mass is 35.5. The summed E-state index contributed by atoms with van der Waals surface area (Å²) >= 11 is 6.39. The first kappa shape index (κ1) is 14.9. The minimum Gasteiger partial charge on any atom is -0.381 e. The Balaban J connectivity index is 2.08. The van der Waals surface area contributed by atoms with Gasteiger partial charge in [-0.3, -0.25) is 0 Å². The van der Waals surface area contributed by atoms with E-state index in [1.54, 1.807) is 0 Å². The molecule has 114 valence electrons.